The molecular formula is C17H25NOS. The quantitative estimate of drug-likeness (QED) is 0.554. The topological polar surface area (TPSA) is 20.3 Å². The van der Waals surface area contributed by atoms with Crippen LogP contribution in [0.25, 0.3) is 0 Å². The summed E-state index contributed by atoms with van der Waals surface area (Å²) >= 11 is 1.84. The Kier molecular flexibility index (Phi) is 6.44. The van der Waals surface area contributed by atoms with Gasteiger partial charge in [0.1, 0.15) is 0 Å². The Balaban J connectivity index is 1.59. The summed E-state index contributed by atoms with van der Waals surface area (Å²) in [6, 6.07) is 10.4. The maximum atomic E-state index is 12.1. The predicted molar refractivity (Wildman–Crippen MR) is 86.0 cm³/mol. The second-order valence-electron chi connectivity index (χ2n) is 5.69. The fourth-order valence-corrected chi connectivity index (χ4v) is 3.68. The Labute approximate surface area is 126 Å². The van der Waals surface area contributed by atoms with Crippen LogP contribution in [0.15, 0.2) is 35.2 Å². The molecule has 0 aromatic heterocycles. The SMILES string of the molecule is CN(CC1CCCC1)C(=O)CCCSc1ccccc1. The lowest BCUT2D eigenvalue weighted by molar-refractivity contribution is -0.130. The number of rotatable bonds is 7. The third-order valence-corrected chi connectivity index (χ3v) is 5.08. The number of hydrogen-bond acceptors (Lipinski definition) is 2. The molecule has 110 valence electrons. The Hall–Kier alpha value is -0.960. The van der Waals surface area contributed by atoms with Gasteiger partial charge in [0.05, 0.1) is 0 Å². The van der Waals surface area contributed by atoms with Crippen molar-refractivity contribution in [3.8, 4) is 0 Å². The average Bonchev–Trinajstić information content (AvgIpc) is 2.97. The highest BCUT2D eigenvalue weighted by Crippen LogP contribution is 2.25. The van der Waals surface area contributed by atoms with E-state index in [4.69, 9.17) is 0 Å². The van der Waals surface area contributed by atoms with E-state index in [1.54, 1.807) is 0 Å². The molecule has 0 spiro atoms. The summed E-state index contributed by atoms with van der Waals surface area (Å²) in [4.78, 5) is 15.3. The maximum Gasteiger partial charge on any atom is 0.222 e. The first-order valence-corrected chi connectivity index (χ1v) is 8.66. The first kappa shape index (κ1) is 15.4. The minimum Gasteiger partial charge on any atom is -0.345 e. The summed E-state index contributed by atoms with van der Waals surface area (Å²) in [5.74, 6) is 2.08. The molecule has 0 radical (unpaired) electrons. The van der Waals surface area contributed by atoms with Crippen LogP contribution in [0.5, 0.6) is 0 Å². The molecule has 0 atom stereocenters. The number of benzene rings is 1. The molecule has 2 nitrogen and oxygen atoms in total. The van der Waals surface area contributed by atoms with Gasteiger partial charge in [0, 0.05) is 24.9 Å². The number of carbonyl (C=O) groups excluding carboxylic acids is 1. The zero-order valence-corrected chi connectivity index (χ0v) is 13.2. The molecule has 1 fully saturated rings. The van der Waals surface area contributed by atoms with Crippen LogP contribution in [0.3, 0.4) is 0 Å². The molecule has 1 amide bonds. The van der Waals surface area contributed by atoms with Gasteiger partial charge in [0.25, 0.3) is 0 Å². The number of carbonyl (C=O) groups is 1. The van der Waals surface area contributed by atoms with Crippen molar-refractivity contribution in [3.05, 3.63) is 30.3 Å². The van der Waals surface area contributed by atoms with Gasteiger partial charge in [-0.2, -0.15) is 0 Å². The van der Waals surface area contributed by atoms with E-state index in [-0.39, 0.29) is 0 Å². The highest BCUT2D eigenvalue weighted by Gasteiger charge is 2.18. The second-order valence-corrected chi connectivity index (χ2v) is 6.86. The Bertz CT molecular complexity index is 401. The summed E-state index contributed by atoms with van der Waals surface area (Å²) in [6.07, 6.45) is 6.96. The van der Waals surface area contributed by atoms with E-state index in [0.717, 1.165) is 24.6 Å². The molecule has 0 heterocycles. The summed E-state index contributed by atoms with van der Waals surface area (Å²) in [7, 11) is 1.96. The molecule has 1 saturated carbocycles. The smallest absolute Gasteiger partial charge is 0.222 e. The van der Waals surface area contributed by atoms with Gasteiger partial charge in [-0.15, -0.1) is 11.8 Å². The first-order chi connectivity index (χ1) is 9.75. The number of hydrogen-bond donors (Lipinski definition) is 0. The molecule has 0 aliphatic heterocycles. The number of nitrogens with zero attached hydrogens (tertiary/aromatic N) is 1. The van der Waals surface area contributed by atoms with Gasteiger partial charge in [0.15, 0.2) is 0 Å². The molecule has 1 aliphatic carbocycles. The standard InChI is InChI=1S/C17H25NOS/c1-18(14-15-8-5-6-9-15)17(19)12-7-13-20-16-10-3-2-4-11-16/h2-4,10-11,15H,5-9,12-14H2,1H3. The van der Waals surface area contributed by atoms with Crippen molar-refractivity contribution in [1.82, 2.24) is 4.90 Å². The van der Waals surface area contributed by atoms with Crippen LogP contribution in [-0.4, -0.2) is 30.2 Å². The zero-order chi connectivity index (χ0) is 14.2. The van der Waals surface area contributed by atoms with E-state index in [2.05, 4.69) is 24.3 Å². The molecule has 1 aromatic rings. The molecule has 1 aliphatic rings. The van der Waals surface area contributed by atoms with Crippen molar-refractivity contribution < 1.29 is 4.79 Å². The van der Waals surface area contributed by atoms with Crippen LogP contribution in [-0.2, 0) is 4.79 Å². The van der Waals surface area contributed by atoms with Crippen LogP contribution in [0.1, 0.15) is 38.5 Å². The molecule has 20 heavy (non-hydrogen) atoms. The van der Waals surface area contributed by atoms with E-state index in [9.17, 15) is 4.79 Å². The van der Waals surface area contributed by atoms with Crippen LogP contribution in [0, 0.1) is 5.92 Å². The first-order valence-electron chi connectivity index (χ1n) is 7.67. The Morgan fingerprint density at radius 3 is 2.65 bits per heavy atom. The van der Waals surface area contributed by atoms with E-state index in [0.29, 0.717) is 12.3 Å². The van der Waals surface area contributed by atoms with E-state index < -0.39 is 0 Å². The molecule has 3 heteroatoms. The lowest BCUT2D eigenvalue weighted by Crippen LogP contribution is -2.30. The third kappa shape index (κ3) is 5.20. The normalized spacial score (nSPS) is 15.4. The highest BCUT2D eigenvalue weighted by atomic mass is 32.2. The van der Waals surface area contributed by atoms with Crippen LogP contribution in [0.4, 0.5) is 0 Å². The van der Waals surface area contributed by atoms with Crippen LogP contribution < -0.4 is 0 Å². The monoisotopic (exact) mass is 291 g/mol. The molecule has 0 saturated heterocycles. The summed E-state index contributed by atoms with van der Waals surface area (Å²) in [6.45, 7) is 0.963. The van der Waals surface area contributed by atoms with Crippen LogP contribution in [0.2, 0.25) is 0 Å². The van der Waals surface area contributed by atoms with Crippen LogP contribution >= 0.6 is 11.8 Å². The minimum atomic E-state index is 0.311. The van der Waals surface area contributed by atoms with E-state index >= 15 is 0 Å². The maximum absolute atomic E-state index is 12.1. The van der Waals surface area contributed by atoms with Gasteiger partial charge in [-0.3, -0.25) is 4.79 Å². The number of thioether (sulfide) groups is 1. The third-order valence-electron chi connectivity index (χ3n) is 3.98. The van der Waals surface area contributed by atoms with Crippen molar-refractivity contribution in [3.63, 3.8) is 0 Å². The lowest BCUT2D eigenvalue weighted by atomic mass is 10.1. The highest BCUT2D eigenvalue weighted by molar-refractivity contribution is 7.99. The van der Waals surface area contributed by atoms with Gasteiger partial charge in [0.2, 0.25) is 5.91 Å². The van der Waals surface area contributed by atoms with Gasteiger partial charge >= 0.3 is 0 Å². The molecule has 1 aromatic carbocycles. The molecule has 2 rings (SSSR count). The Morgan fingerprint density at radius 1 is 1.25 bits per heavy atom. The second kappa shape index (κ2) is 8.35. The molecular weight excluding hydrogens is 266 g/mol. The van der Waals surface area contributed by atoms with Crippen molar-refractivity contribution in [2.45, 2.75) is 43.4 Å². The lowest BCUT2D eigenvalue weighted by Gasteiger charge is -2.21. The van der Waals surface area contributed by atoms with Gasteiger partial charge in [-0.25, -0.2) is 0 Å². The van der Waals surface area contributed by atoms with Gasteiger partial charge in [-0.05, 0) is 43.1 Å². The molecule has 0 N–H and O–H groups in total. The largest absolute Gasteiger partial charge is 0.345 e. The van der Waals surface area contributed by atoms with E-state index in [1.807, 2.05) is 29.8 Å². The van der Waals surface area contributed by atoms with Crippen molar-refractivity contribution in [2.24, 2.45) is 5.92 Å². The summed E-state index contributed by atoms with van der Waals surface area (Å²) < 4.78 is 0. The fraction of sp³-hybridized carbons (Fsp3) is 0.588. The summed E-state index contributed by atoms with van der Waals surface area (Å²) in [5, 5.41) is 0. The van der Waals surface area contributed by atoms with Crippen molar-refractivity contribution in [2.75, 3.05) is 19.3 Å². The van der Waals surface area contributed by atoms with Gasteiger partial charge in [-0.1, -0.05) is 31.0 Å². The predicted octanol–water partition coefficient (Wildman–Crippen LogP) is 4.21. The van der Waals surface area contributed by atoms with Crippen molar-refractivity contribution in [1.29, 1.82) is 0 Å². The molecule has 0 unspecified atom stereocenters. The van der Waals surface area contributed by atoms with Crippen molar-refractivity contribution >= 4 is 17.7 Å². The zero-order valence-electron chi connectivity index (χ0n) is 12.4. The Morgan fingerprint density at radius 2 is 1.95 bits per heavy atom. The van der Waals surface area contributed by atoms with E-state index in [1.165, 1.54) is 30.6 Å². The average molecular weight is 291 g/mol. The fourth-order valence-electron chi connectivity index (χ4n) is 2.80. The number of amides is 1. The summed E-state index contributed by atoms with van der Waals surface area (Å²) in [5.41, 5.74) is 0. The molecule has 0 bridgehead atoms. The van der Waals surface area contributed by atoms with Gasteiger partial charge < -0.3 is 4.90 Å². The minimum absolute atomic E-state index is 0.311.